The van der Waals surface area contributed by atoms with Gasteiger partial charge in [0.2, 0.25) is 0 Å². The van der Waals surface area contributed by atoms with Gasteiger partial charge in [-0.1, -0.05) is 26.8 Å². The molecular weight excluding hydrogens is 174 g/mol. The molecule has 0 bridgehead atoms. The smallest absolute Gasteiger partial charge is 0.158 e. The number of rotatable bonds is 2. The second-order valence-electron chi connectivity index (χ2n) is 3.84. The van der Waals surface area contributed by atoms with Crippen molar-refractivity contribution in [1.29, 1.82) is 0 Å². The normalized spacial score (nSPS) is 11.4. The molecule has 0 amide bonds. The summed E-state index contributed by atoms with van der Waals surface area (Å²) >= 11 is 0. The van der Waals surface area contributed by atoms with E-state index in [4.69, 9.17) is 0 Å². The number of nitrogens with zero attached hydrogens (tertiary/aromatic N) is 3. The number of fused-ring (bicyclic) bond motifs is 1. The van der Waals surface area contributed by atoms with Crippen LogP contribution in [0.1, 0.15) is 37.8 Å². The summed E-state index contributed by atoms with van der Waals surface area (Å²) in [5.41, 5.74) is 3.57. The van der Waals surface area contributed by atoms with Crippen molar-refractivity contribution in [3.63, 3.8) is 0 Å². The molecular formula is C11H15N3. The summed E-state index contributed by atoms with van der Waals surface area (Å²) in [4.78, 5) is 4.24. The van der Waals surface area contributed by atoms with Crippen molar-refractivity contribution in [2.45, 2.75) is 33.1 Å². The van der Waals surface area contributed by atoms with Gasteiger partial charge in [0.05, 0.1) is 0 Å². The van der Waals surface area contributed by atoms with E-state index in [-0.39, 0.29) is 0 Å². The van der Waals surface area contributed by atoms with Gasteiger partial charge < -0.3 is 0 Å². The lowest BCUT2D eigenvalue weighted by molar-refractivity contribution is 0.828. The predicted octanol–water partition coefficient (Wildman–Crippen LogP) is 2.42. The molecule has 0 atom stereocenters. The Kier molecular flexibility index (Phi) is 2.23. The Morgan fingerprint density at radius 1 is 1.43 bits per heavy atom. The maximum Gasteiger partial charge on any atom is 0.158 e. The lowest BCUT2D eigenvalue weighted by Crippen LogP contribution is -1.98. The van der Waals surface area contributed by atoms with E-state index in [1.54, 1.807) is 6.33 Å². The molecule has 2 heterocycles. The van der Waals surface area contributed by atoms with Crippen molar-refractivity contribution in [1.82, 2.24) is 14.6 Å². The van der Waals surface area contributed by atoms with Crippen LogP contribution >= 0.6 is 0 Å². The summed E-state index contributed by atoms with van der Waals surface area (Å²) in [5.74, 6) is 0.536. The van der Waals surface area contributed by atoms with Crippen LogP contribution in [0.5, 0.6) is 0 Å². The van der Waals surface area contributed by atoms with E-state index in [1.807, 2.05) is 4.52 Å². The fourth-order valence-corrected chi connectivity index (χ4v) is 1.59. The number of aromatic nitrogens is 3. The van der Waals surface area contributed by atoms with Crippen LogP contribution < -0.4 is 0 Å². The number of hydrogen-bond donors (Lipinski definition) is 0. The number of pyridine rings is 1. The zero-order chi connectivity index (χ0) is 10.1. The quantitative estimate of drug-likeness (QED) is 0.726. The van der Waals surface area contributed by atoms with Crippen LogP contribution in [0.25, 0.3) is 5.65 Å². The standard InChI is InChI=1S/C11H15N3/c1-4-9-5-10(8(2)3)6-14-11(9)12-7-13-14/h5-8H,4H2,1-3H3. The van der Waals surface area contributed by atoms with E-state index in [1.165, 1.54) is 11.1 Å². The third-order valence-electron chi connectivity index (χ3n) is 2.52. The van der Waals surface area contributed by atoms with Crippen LogP contribution in [0.2, 0.25) is 0 Å². The van der Waals surface area contributed by atoms with Crippen LogP contribution in [0.4, 0.5) is 0 Å². The van der Waals surface area contributed by atoms with Gasteiger partial charge in [0.1, 0.15) is 6.33 Å². The zero-order valence-electron chi connectivity index (χ0n) is 8.86. The first-order valence-electron chi connectivity index (χ1n) is 5.04. The van der Waals surface area contributed by atoms with Gasteiger partial charge in [-0.3, -0.25) is 0 Å². The highest BCUT2D eigenvalue weighted by molar-refractivity contribution is 5.48. The van der Waals surface area contributed by atoms with E-state index in [0.717, 1.165) is 12.1 Å². The van der Waals surface area contributed by atoms with E-state index >= 15 is 0 Å². The number of aryl methyl sites for hydroxylation is 1. The number of hydrogen-bond acceptors (Lipinski definition) is 2. The minimum absolute atomic E-state index is 0.536. The molecule has 14 heavy (non-hydrogen) atoms. The van der Waals surface area contributed by atoms with E-state index in [9.17, 15) is 0 Å². The second-order valence-corrected chi connectivity index (χ2v) is 3.84. The van der Waals surface area contributed by atoms with Crippen molar-refractivity contribution in [2.24, 2.45) is 0 Å². The molecule has 0 aliphatic rings. The molecule has 0 fully saturated rings. The Balaban J connectivity index is 2.67. The van der Waals surface area contributed by atoms with Gasteiger partial charge in [0.15, 0.2) is 5.65 Å². The Morgan fingerprint density at radius 2 is 2.21 bits per heavy atom. The van der Waals surface area contributed by atoms with Gasteiger partial charge in [-0.05, 0) is 23.5 Å². The van der Waals surface area contributed by atoms with Gasteiger partial charge in [-0.15, -0.1) is 0 Å². The van der Waals surface area contributed by atoms with Gasteiger partial charge in [0, 0.05) is 6.20 Å². The molecule has 0 aliphatic carbocycles. The van der Waals surface area contributed by atoms with Gasteiger partial charge >= 0.3 is 0 Å². The van der Waals surface area contributed by atoms with E-state index < -0.39 is 0 Å². The molecule has 3 nitrogen and oxygen atoms in total. The lowest BCUT2D eigenvalue weighted by Gasteiger charge is -2.08. The lowest BCUT2D eigenvalue weighted by atomic mass is 10.0. The summed E-state index contributed by atoms with van der Waals surface area (Å²) in [6.07, 6.45) is 4.67. The van der Waals surface area contributed by atoms with Crippen LogP contribution in [0, 0.1) is 0 Å². The third kappa shape index (κ3) is 1.39. The maximum atomic E-state index is 4.24. The molecule has 0 aliphatic heterocycles. The monoisotopic (exact) mass is 189 g/mol. The van der Waals surface area contributed by atoms with Crippen LogP contribution in [-0.2, 0) is 6.42 Å². The van der Waals surface area contributed by atoms with Crippen molar-refractivity contribution < 1.29 is 0 Å². The minimum atomic E-state index is 0.536. The molecule has 2 rings (SSSR count). The van der Waals surface area contributed by atoms with Crippen molar-refractivity contribution in [3.8, 4) is 0 Å². The Bertz CT molecular complexity index is 443. The van der Waals surface area contributed by atoms with Crippen molar-refractivity contribution >= 4 is 5.65 Å². The first-order valence-corrected chi connectivity index (χ1v) is 5.04. The molecule has 0 N–H and O–H groups in total. The highest BCUT2D eigenvalue weighted by Crippen LogP contribution is 2.18. The largest absolute Gasteiger partial charge is 0.221 e. The van der Waals surface area contributed by atoms with E-state index in [0.29, 0.717) is 5.92 Å². The highest BCUT2D eigenvalue weighted by Gasteiger charge is 2.06. The molecule has 3 heteroatoms. The Labute approximate surface area is 83.8 Å². The van der Waals surface area contributed by atoms with Crippen molar-refractivity contribution in [2.75, 3.05) is 0 Å². The van der Waals surface area contributed by atoms with Crippen LogP contribution in [0.15, 0.2) is 18.6 Å². The summed E-state index contributed by atoms with van der Waals surface area (Å²) in [6, 6.07) is 2.23. The topological polar surface area (TPSA) is 30.2 Å². The first kappa shape index (κ1) is 9.19. The maximum absolute atomic E-state index is 4.24. The SMILES string of the molecule is CCc1cc(C(C)C)cn2ncnc12. The molecule has 0 saturated carbocycles. The third-order valence-corrected chi connectivity index (χ3v) is 2.52. The van der Waals surface area contributed by atoms with Gasteiger partial charge in [-0.25, -0.2) is 9.50 Å². The highest BCUT2D eigenvalue weighted by atomic mass is 15.3. The van der Waals surface area contributed by atoms with E-state index in [2.05, 4.69) is 43.1 Å². The first-order chi connectivity index (χ1) is 6.72. The fourth-order valence-electron chi connectivity index (χ4n) is 1.59. The van der Waals surface area contributed by atoms with Crippen molar-refractivity contribution in [3.05, 3.63) is 29.7 Å². The predicted molar refractivity (Wildman–Crippen MR) is 56.5 cm³/mol. The fraction of sp³-hybridized carbons (Fsp3) is 0.455. The molecule has 0 aromatic carbocycles. The molecule has 2 aromatic heterocycles. The molecule has 0 spiro atoms. The Hall–Kier alpha value is -1.38. The van der Waals surface area contributed by atoms with Crippen LogP contribution in [0.3, 0.4) is 0 Å². The van der Waals surface area contributed by atoms with Gasteiger partial charge in [-0.2, -0.15) is 5.10 Å². The second kappa shape index (κ2) is 3.40. The zero-order valence-corrected chi connectivity index (χ0v) is 8.86. The summed E-state index contributed by atoms with van der Waals surface area (Å²) in [7, 11) is 0. The molecule has 2 aromatic rings. The molecule has 0 radical (unpaired) electrons. The van der Waals surface area contributed by atoms with Gasteiger partial charge in [0.25, 0.3) is 0 Å². The Morgan fingerprint density at radius 3 is 2.86 bits per heavy atom. The summed E-state index contributed by atoms with van der Waals surface area (Å²) < 4.78 is 1.87. The summed E-state index contributed by atoms with van der Waals surface area (Å²) in [5, 5.41) is 4.18. The summed E-state index contributed by atoms with van der Waals surface area (Å²) in [6.45, 7) is 6.53. The molecule has 74 valence electrons. The molecule has 0 unspecified atom stereocenters. The van der Waals surface area contributed by atoms with Crippen LogP contribution in [-0.4, -0.2) is 14.6 Å². The average Bonchev–Trinajstić information content (AvgIpc) is 2.63. The average molecular weight is 189 g/mol. The molecule has 0 saturated heterocycles. The minimum Gasteiger partial charge on any atom is -0.221 e.